The van der Waals surface area contributed by atoms with Crippen LogP contribution >= 0.6 is 11.6 Å². The van der Waals surface area contributed by atoms with Crippen LogP contribution in [0.4, 0.5) is 0 Å². The number of nitrogens with one attached hydrogen (secondary N) is 1. The van der Waals surface area contributed by atoms with Gasteiger partial charge in [0.1, 0.15) is 0 Å². The van der Waals surface area contributed by atoms with Gasteiger partial charge < -0.3 is 5.32 Å². The van der Waals surface area contributed by atoms with Gasteiger partial charge in [-0.1, -0.05) is 17.7 Å². The summed E-state index contributed by atoms with van der Waals surface area (Å²) in [5.74, 6) is -0.670. The number of hydrogen-bond donors (Lipinski definition) is 1. The highest BCUT2D eigenvalue weighted by molar-refractivity contribution is 6.31. The van der Waals surface area contributed by atoms with Crippen molar-refractivity contribution >= 4 is 17.5 Å². The van der Waals surface area contributed by atoms with Gasteiger partial charge in [-0.2, -0.15) is 9.78 Å². The van der Waals surface area contributed by atoms with Crippen LogP contribution in [0, 0.1) is 6.92 Å². The van der Waals surface area contributed by atoms with Gasteiger partial charge in [0.25, 0.3) is 11.5 Å². The van der Waals surface area contributed by atoms with Crippen molar-refractivity contribution in [3.05, 3.63) is 85.4 Å². The van der Waals surface area contributed by atoms with Gasteiger partial charge in [0.2, 0.25) is 5.69 Å². The molecule has 0 unspecified atom stereocenters. The standard InChI is InChI=1S/C19H18ClN5O3/c1-3-24-18(27)16(17(26)22-11-13-6-8-21-9-7-13)23-25(19(24)28)14-5-4-12(2)15(20)10-14/h4-10H,3,11H2,1-2H3,(H,22,26). The molecule has 0 aliphatic carbocycles. The van der Waals surface area contributed by atoms with Crippen molar-refractivity contribution in [1.29, 1.82) is 0 Å². The summed E-state index contributed by atoms with van der Waals surface area (Å²) < 4.78 is 1.97. The maximum atomic E-state index is 12.7. The Bertz CT molecular complexity index is 1140. The molecular formula is C19H18ClN5O3. The third kappa shape index (κ3) is 3.86. The fraction of sp³-hybridized carbons (Fsp3) is 0.211. The van der Waals surface area contributed by atoms with Crippen LogP contribution in [-0.4, -0.2) is 25.2 Å². The zero-order valence-electron chi connectivity index (χ0n) is 15.3. The molecule has 1 aromatic carbocycles. The van der Waals surface area contributed by atoms with Crippen molar-refractivity contribution < 1.29 is 4.79 Å². The number of pyridine rings is 1. The van der Waals surface area contributed by atoms with Crippen LogP contribution < -0.4 is 16.6 Å². The fourth-order valence-corrected chi connectivity index (χ4v) is 2.76. The number of aromatic nitrogens is 4. The summed E-state index contributed by atoms with van der Waals surface area (Å²) in [6.07, 6.45) is 3.20. The van der Waals surface area contributed by atoms with Crippen molar-refractivity contribution in [2.24, 2.45) is 0 Å². The summed E-state index contributed by atoms with van der Waals surface area (Å²) in [4.78, 5) is 41.7. The van der Waals surface area contributed by atoms with E-state index in [1.165, 1.54) is 0 Å². The lowest BCUT2D eigenvalue weighted by Gasteiger charge is -2.12. The summed E-state index contributed by atoms with van der Waals surface area (Å²) in [7, 11) is 0. The maximum absolute atomic E-state index is 12.7. The zero-order chi connectivity index (χ0) is 20.3. The van der Waals surface area contributed by atoms with E-state index in [2.05, 4.69) is 15.4 Å². The molecule has 0 spiro atoms. The van der Waals surface area contributed by atoms with Crippen LogP contribution in [0.2, 0.25) is 5.02 Å². The van der Waals surface area contributed by atoms with Crippen LogP contribution in [0.5, 0.6) is 0 Å². The average molecular weight is 400 g/mol. The van der Waals surface area contributed by atoms with E-state index < -0.39 is 17.2 Å². The van der Waals surface area contributed by atoms with Gasteiger partial charge in [-0.25, -0.2) is 4.79 Å². The van der Waals surface area contributed by atoms with Crippen LogP contribution in [0.25, 0.3) is 5.69 Å². The lowest BCUT2D eigenvalue weighted by molar-refractivity contribution is 0.0941. The van der Waals surface area contributed by atoms with E-state index in [4.69, 9.17) is 11.6 Å². The molecule has 0 fully saturated rings. The molecule has 3 rings (SSSR count). The zero-order valence-corrected chi connectivity index (χ0v) is 16.1. The first-order valence-electron chi connectivity index (χ1n) is 8.60. The fourth-order valence-electron chi connectivity index (χ4n) is 2.58. The number of nitrogens with zero attached hydrogens (tertiary/aromatic N) is 4. The highest BCUT2D eigenvalue weighted by atomic mass is 35.5. The Morgan fingerprint density at radius 3 is 2.54 bits per heavy atom. The van der Waals surface area contributed by atoms with Crippen molar-refractivity contribution in [3.63, 3.8) is 0 Å². The molecule has 1 N–H and O–H groups in total. The minimum absolute atomic E-state index is 0.102. The van der Waals surface area contributed by atoms with Crippen LogP contribution in [0.1, 0.15) is 28.5 Å². The second-order valence-electron chi connectivity index (χ2n) is 6.06. The Morgan fingerprint density at radius 1 is 1.18 bits per heavy atom. The normalized spacial score (nSPS) is 10.7. The third-order valence-electron chi connectivity index (χ3n) is 4.19. The number of hydrogen-bond acceptors (Lipinski definition) is 5. The molecule has 0 radical (unpaired) electrons. The molecule has 2 heterocycles. The van der Waals surface area contributed by atoms with E-state index >= 15 is 0 Å². The molecule has 2 aromatic heterocycles. The van der Waals surface area contributed by atoms with E-state index in [1.807, 2.05) is 6.92 Å². The number of amides is 1. The average Bonchev–Trinajstić information content (AvgIpc) is 2.70. The first-order chi connectivity index (χ1) is 13.4. The highest BCUT2D eigenvalue weighted by Gasteiger charge is 2.19. The maximum Gasteiger partial charge on any atom is 0.352 e. The Morgan fingerprint density at radius 2 is 1.89 bits per heavy atom. The molecule has 0 saturated heterocycles. The lowest BCUT2D eigenvalue weighted by atomic mass is 10.2. The summed E-state index contributed by atoms with van der Waals surface area (Å²) in [5.41, 5.74) is 0.265. The predicted molar refractivity (Wildman–Crippen MR) is 105 cm³/mol. The van der Waals surface area contributed by atoms with E-state index in [-0.39, 0.29) is 18.8 Å². The summed E-state index contributed by atoms with van der Waals surface area (Å²) in [6, 6.07) is 8.43. The highest BCUT2D eigenvalue weighted by Crippen LogP contribution is 2.18. The predicted octanol–water partition coefficient (Wildman–Crippen LogP) is 1.70. The second-order valence-corrected chi connectivity index (χ2v) is 6.47. The van der Waals surface area contributed by atoms with Crippen molar-refractivity contribution in [2.75, 3.05) is 0 Å². The molecule has 1 amide bonds. The summed E-state index contributed by atoms with van der Waals surface area (Å²) in [6.45, 7) is 3.77. The topological polar surface area (TPSA) is 98.9 Å². The van der Waals surface area contributed by atoms with Crippen LogP contribution in [0.3, 0.4) is 0 Å². The number of carbonyl (C=O) groups excluding carboxylic acids is 1. The SMILES string of the molecule is CCn1c(=O)c(C(=O)NCc2ccncc2)nn(-c2ccc(C)c(Cl)c2)c1=O. The number of halogens is 1. The van der Waals surface area contributed by atoms with Gasteiger partial charge in [-0.15, -0.1) is 0 Å². The van der Waals surface area contributed by atoms with Gasteiger partial charge in [-0.05, 0) is 49.2 Å². The number of carbonyl (C=O) groups is 1. The van der Waals surface area contributed by atoms with Gasteiger partial charge >= 0.3 is 5.69 Å². The minimum atomic E-state index is -0.741. The first kappa shape index (κ1) is 19.5. The van der Waals surface area contributed by atoms with Gasteiger partial charge in [-0.3, -0.25) is 19.1 Å². The van der Waals surface area contributed by atoms with Crippen molar-refractivity contribution in [1.82, 2.24) is 24.6 Å². The summed E-state index contributed by atoms with van der Waals surface area (Å²) >= 11 is 6.14. The Balaban J connectivity index is 2.03. The first-order valence-corrected chi connectivity index (χ1v) is 8.98. The van der Waals surface area contributed by atoms with E-state index in [9.17, 15) is 14.4 Å². The molecule has 0 aliphatic rings. The van der Waals surface area contributed by atoms with E-state index in [0.717, 1.165) is 20.4 Å². The lowest BCUT2D eigenvalue weighted by Crippen LogP contribution is -2.45. The summed E-state index contributed by atoms with van der Waals surface area (Å²) in [5, 5.41) is 7.11. The molecule has 8 nitrogen and oxygen atoms in total. The minimum Gasteiger partial charge on any atom is -0.346 e. The molecule has 144 valence electrons. The molecule has 28 heavy (non-hydrogen) atoms. The molecule has 3 aromatic rings. The Kier molecular flexibility index (Phi) is 5.70. The third-order valence-corrected chi connectivity index (χ3v) is 4.60. The molecule has 0 aliphatic heterocycles. The quantitative estimate of drug-likeness (QED) is 0.704. The molecule has 0 atom stereocenters. The largest absolute Gasteiger partial charge is 0.352 e. The number of aryl methyl sites for hydroxylation is 1. The Hall–Kier alpha value is -3.26. The Labute approximate surface area is 165 Å². The monoisotopic (exact) mass is 399 g/mol. The molecule has 9 heteroatoms. The van der Waals surface area contributed by atoms with Gasteiger partial charge in [0, 0.05) is 30.5 Å². The van der Waals surface area contributed by atoms with Gasteiger partial charge in [0.15, 0.2) is 0 Å². The molecule has 0 bridgehead atoms. The van der Waals surface area contributed by atoms with Crippen LogP contribution in [-0.2, 0) is 13.1 Å². The number of benzene rings is 1. The second kappa shape index (κ2) is 8.18. The van der Waals surface area contributed by atoms with Gasteiger partial charge in [0.05, 0.1) is 5.69 Å². The molecule has 0 saturated carbocycles. The molecular weight excluding hydrogens is 382 g/mol. The smallest absolute Gasteiger partial charge is 0.346 e. The van der Waals surface area contributed by atoms with Crippen molar-refractivity contribution in [3.8, 4) is 5.69 Å². The van der Waals surface area contributed by atoms with E-state index in [0.29, 0.717) is 10.7 Å². The van der Waals surface area contributed by atoms with Crippen LogP contribution in [0.15, 0.2) is 52.3 Å². The number of rotatable bonds is 5. The van der Waals surface area contributed by atoms with Crippen molar-refractivity contribution in [2.45, 2.75) is 26.9 Å². The van der Waals surface area contributed by atoms with E-state index in [1.54, 1.807) is 49.6 Å².